The lowest BCUT2D eigenvalue weighted by Gasteiger charge is -2.27. The molecule has 2 aromatic rings. The van der Waals surface area contributed by atoms with Gasteiger partial charge in [0.15, 0.2) is 11.5 Å². The summed E-state index contributed by atoms with van der Waals surface area (Å²) in [7, 11) is 0. The molecule has 7 heteroatoms. The molecule has 2 aliphatic rings. The molecule has 22 heavy (non-hydrogen) atoms. The van der Waals surface area contributed by atoms with Crippen LogP contribution in [-0.2, 0) is 4.74 Å². The summed E-state index contributed by atoms with van der Waals surface area (Å²) >= 11 is 0. The van der Waals surface area contributed by atoms with E-state index in [9.17, 15) is 5.11 Å². The predicted octanol–water partition coefficient (Wildman–Crippen LogP) is 1.66. The van der Waals surface area contributed by atoms with Crippen molar-refractivity contribution in [3.05, 3.63) is 12.4 Å². The van der Waals surface area contributed by atoms with E-state index in [-0.39, 0.29) is 12.0 Å². The Morgan fingerprint density at radius 3 is 2.64 bits per heavy atom. The normalized spacial score (nSPS) is 18.4. The number of benzene rings is 1. The van der Waals surface area contributed by atoms with Gasteiger partial charge in [-0.2, -0.15) is 0 Å². The van der Waals surface area contributed by atoms with E-state index in [4.69, 9.17) is 18.9 Å². The molecule has 1 aromatic carbocycles. The molecule has 2 aliphatic heterocycles. The van der Waals surface area contributed by atoms with Crippen molar-refractivity contribution in [3.8, 4) is 23.1 Å². The van der Waals surface area contributed by atoms with Crippen LogP contribution < -0.4 is 14.2 Å². The molecule has 1 aromatic heterocycles. The number of aromatic hydroxyl groups is 1. The van der Waals surface area contributed by atoms with Crippen LogP contribution >= 0.6 is 0 Å². The van der Waals surface area contributed by atoms with Crippen LogP contribution in [0, 0.1) is 0 Å². The second-order valence-electron chi connectivity index (χ2n) is 5.25. The molecular formula is C15H16N2O5. The van der Waals surface area contributed by atoms with Crippen LogP contribution in [0.1, 0.15) is 12.8 Å². The number of nitrogens with zero attached hydrogens (tertiary/aromatic N) is 2. The van der Waals surface area contributed by atoms with Gasteiger partial charge in [-0.1, -0.05) is 0 Å². The molecule has 0 saturated carbocycles. The van der Waals surface area contributed by atoms with Crippen molar-refractivity contribution >= 4 is 10.9 Å². The maximum atomic E-state index is 10.00. The van der Waals surface area contributed by atoms with E-state index in [2.05, 4.69) is 9.97 Å². The molecule has 1 saturated heterocycles. The lowest BCUT2D eigenvalue weighted by molar-refractivity contribution is 0.0234. The summed E-state index contributed by atoms with van der Waals surface area (Å²) in [5.41, 5.74) is 0.568. The van der Waals surface area contributed by atoms with Crippen molar-refractivity contribution < 1.29 is 24.1 Å². The molecule has 0 spiro atoms. The van der Waals surface area contributed by atoms with Crippen LogP contribution in [0.4, 0.5) is 0 Å². The van der Waals surface area contributed by atoms with Gasteiger partial charge in [-0.25, -0.2) is 9.97 Å². The quantitative estimate of drug-likeness (QED) is 0.903. The van der Waals surface area contributed by atoms with Gasteiger partial charge in [0, 0.05) is 18.9 Å². The Morgan fingerprint density at radius 2 is 1.82 bits per heavy atom. The van der Waals surface area contributed by atoms with Crippen LogP contribution in [-0.4, -0.2) is 47.6 Å². The minimum atomic E-state index is -0.121. The van der Waals surface area contributed by atoms with E-state index in [0.29, 0.717) is 54.6 Å². The third-order valence-corrected chi connectivity index (χ3v) is 3.82. The first-order valence-electron chi connectivity index (χ1n) is 7.33. The van der Waals surface area contributed by atoms with E-state index < -0.39 is 0 Å². The smallest absolute Gasteiger partial charge is 0.225 e. The standard InChI is InChI=1S/C15H16N2O5/c18-15-12-10(16-8-17-15)7-11(13-14(12)21-6-5-20-13)22-9-1-3-19-4-2-9/h7-9H,1-6H2,(H,16,17,18). The van der Waals surface area contributed by atoms with Gasteiger partial charge >= 0.3 is 0 Å². The first kappa shape index (κ1) is 13.4. The molecule has 7 nitrogen and oxygen atoms in total. The molecule has 116 valence electrons. The average molecular weight is 304 g/mol. The van der Waals surface area contributed by atoms with Crippen LogP contribution in [0.25, 0.3) is 10.9 Å². The van der Waals surface area contributed by atoms with Gasteiger partial charge in [0.25, 0.3) is 0 Å². The number of fused-ring (bicyclic) bond motifs is 3. The number of hydrogen-bond acceptors (Lipinski definition) is 7. The largest absolute Gasteiger partial charge is 0.493 e. The van der Waals surface area contributed by atoms with Crippen molar-refractivity contribution in [2.24, 2.45) is 0 Å². The molecule has 0 amide bonds. The van der Waals surface area contributed by atoms with Crippen molar-refractivity contribution in [3.63, 3.8) is 0 Å². The van der Waals surface area contributed by atoms with Gasteiger partial charge in [-0.3, -0.25) is 0 Å². The Kier molecular flexibility index (Phi) is 3.34. The highest BCUT2D eigenvalue weighted by Gasteiger charge is 2.26. The van der Waals surface area contributed by atoms with Gasteiger partial charge < -0.3 is 24.1 Å². The Labute approximate surface area is 126 Å². The first-order valence-corrected chi connectivity index (χ1v) is 7.33. The zero-order chi connectivity index (χ0) is 14.9. The van der Waals surface area contributed by atoms with E-state index in [0.717, 1.165) is 12.8 Å². The number of hydrogen-bond donors (Lipinski definition) is 1. The van der Waals surface area contributed by atoms with Crippen molar-refractivity contribution in [2.75, 3.05) is 26.4 Å². The zero-order valence-corrected chi connectivity index (χ0v) is 11.9. The van der Waals surface area contributed by atoms with Gasteiger partial charge in [0.05, 0.1) is 18.7 Å². The zero-order valence-electron chi connectivity index (χ0n) is 11.9. The van der Waals surface area contributed by atoms with Crippen molar-refractivity contribution in [1.82, 2.24) is 9.97 Å². The summed E-state index contributed by atoms with van der Waals surface area (Å²) in [5.74, 6) is 1.43. The summed E-state index contributed by atoms with van der Waals surface area (Å²) in [5, 5.41) is 10.5. The Balaban J connectivity index is 1.80. The maximum Gasteiger partial charge on any atom is 0.225 e. The fourth-order valence-electron chi connectivity index (χ4n) is 2.75. The minimum Gasteiger partial charge on any atom is -0.493 e. The highest BCUT2D eigenvalue weighted by atomic mass is 16.6. The van der Waals surface area contributed by atoms with E-state index in [1.54, 1.807) is 6.07 Å². The molecule has 1 N–H and O–H groups in total. The summed E-state index contributed by atoms with van der Waals surface area (Å²) in [6.45, 7) is 2.25. The molecule has 0 bridgehead atoms. The summed E-state index contributed by atoms with van der Waals surface area (Å²) in [4.78, 5) is 8.00. The molecule has 1 fully saturated rings. The molecular weight excluding hydrogens is 288 g/mol. The average Bonchev–Trinajstić information content (AvgIpc) is 2.56. The Hall–Kier alpha value is -2.28. The van der Waals surface area contributed by atoms with Crippen LogP contribution in [0.3, 0.4) is 0 Å². The number of aromatic nitrogens is 2. The molecule has 3 heterocycles. The third kappa shape index (κ3) is 2.27. The molecule has 0 radical (unpaired) electrons. The topological polar surface area (TPSA) is 82.9 Å². The Bertz CT molecular complexity index is 700. The van der Waals surface area contributed by atoms with Crippen LogP contribution in [0.5, 0.6) is 23.1 Å². The van der Waals surface area contributed by atoms with Crippen LogP contribution in [0.2, 0.25) is 0 Å². The third-order valence-electron chi connectivity index (χ3n) is 3.82. The second-order valence-corrected chi connectivity index (χ2v) is 5.25. The molecule has 4 rings (SSSR count). The Morgan fingerprint density at radius 1 is 1.05 bits per heavy atom. The van der Waals surface area contributed by atoms with E-state index in [1.807, 2.05) is 0 Å². The van der Waals surface area contributed by atoms with Gasteiger partial charge in [-0.05, 0) is 0 Å². The molecule has 0 atom stereocenters. The van der Waals surface area contributed by atoms with Crippen molar-refractivity contribution in [2.45, 2.75) is 18.9 Å². The highest BCUT2D eigenvalue weighted by Crippen LogP contribution is 2.47. The summed E-state index contributed by atoms with van der Waals surface area (Å²) in [6.07, 6.45) is 3.06. The van der Waals surface area contributed by atoms with Gasteiger partial charge in [0.2, 0.25) is 11.6 Å². The first-order chi connectivity index (χ1) is 10.8. The molecule has 0 unspecified atom stereocenters. The maximum absolute atomic E-state index is 10.00. The highest BCUT2D eigenvalue weighted by molar-refractivity contribution is 5.94. The summed E-state index contributed by atoms with van der Waals surface area (Å²) < 4.78 is 22.8. The monoisotopic (exact) mass is 304 g/mol. The van der Waals surface area contributed by atoms with Gasteiger partial charge in [0.1, 0.15) is 31.0 Å². The summed E-state index contributed by atoms with van der Waals surface area (Å²) in [6, 6.07) is 1.76. The van der Waals surface area contributed by atoms with E-state index >= 15 is 0 Å². The van der Waals surface area contributed by atoms with Crippen molar-refractivity contribution in [1.29, 1.82) is 0 Å². The number of ether oxygens (including phenoxy) is 4. The fraction of sp³-hybridized carbons (Fsp3) is 0.467. The van der Waals surface area contributed by atoms with Gasteiger partial charge in [-0.15, -0.1) is 0 Å². The predicted molar refractivity (Wildman–Crippen MR) is 76.7 cm³/mol. The minimum absolute atomic E-state index is 0.0799. The molecule has 0 aliphatic carbocycles. The van der Waals surface area contributed by atoms with E-state index in [1.165, 1.54) is 6.33 Å². The SMILES string of the molecule is Oc1ncnc2cc(OC3CCOCC3)c3c(c12)OCCO3. The fourth-order valence-corrected chi connectivity index (χ4v) is 2.75. The number of rotatable bonds is 2. The lowest BCUT2D eigenvalue weighted by Crippen LogP contribution is -2.26. The van der Waals surface area contributed by atoms with Crippen LogP contribution in [0.15, 0.2) is 12.4 Å². The second kappa shape index (κ2) is 5.49. The lowest BCUT2D eigenvalue weighted by atomic mass is 10.1.